The number of nitrogens with two attached hydrogens (primary N) is 1. The molecular weight excluding hydrogens is 276 g/mol. The van der Waals surface area contributed by atoms with Crippen LogP contribution in [0.3, 0.4) is 0 Å². The Bertz CT molecular complexity index is 582. The van der Waals surface area contributed by atoms with Gasteiger partial charge in [0, 0.05) is 16.6 Å². The molecule has 1 aromatic carbocycles. The first-order valence-corrected chi connectivity index (χ1v) is 5.89. The molecule has 0 saturated carbocycles. The van der Waals surface area contributed by atoms with Crippen molar-refractivity contribution in [3.05, 3.63) is 35.1 Å². The molecule has 0 aliphatic carbocycles. The molecular formula is C10H7ClN4O2S. The maximum absolute atomic E-state index is 10.8. The molecule has 2 N–H and O–H groups in total. The Hall–Kier alpha value is -1.99. The van der Waals surface area contributed by atoms with Gasteiger partial charge in [-0.15, -0.1) is 0 Å². The molecule has 0 bridgehead atoms. The molecule has 0 amide bonds. The van der Waals surface area contributed by atoms with Crippen LogP contribution in [0.1, 0.15) is 5.82 Å². The van der Waals surface area contributed by atoms with E-state index in [0.29, 0.717) is 17.1 Å². The molecule has 1 aromatic heterocycles. The number of aromatic nitrogens is 2. The van der Waals surface area contributed by atoms with Crippen LogP contribution in [0.5, 0.6) is 5.75 Å². The fraction of sp³-hybridized carbons (Fsp3) is 0. The molecule has 8 heteroatoms. The molecule has 0 radical (unpaired) electrons. The van der Waals surface area contributed by atoms with Crippen molar-refractivity contribution in [3.63, 3.8) is 0 Å². The lowest BCUT2D eigenvalue weighted by atomic mass is 10.3. The summed E-state index contributed by atoms with van der Waals surface area (Å²) in [7, 11) is 0. The van der Waals surface area contributed by atoms with E-state index < -0.39 is 0 Å². The summed E-state index contributed by atoms with van der Waals surface area (Å²) in [6.07, 6.45) is 0.497. The molecule has 6 nitrogen and oxygen atoms in total. The second kappa shape index (κ2) is 5.56. The Kier molecular flexibility index (Phi) is 3.85. The molecule has 2 aromatic rings. The zero-order valence-electron chi connectivity index (χ0n) is 8.91. The van der Waals surface area contributed by atoms with Gasteiger partial charge in [-0.05, 0) is 24.3 Å². The second-order valence-corrected chi connectivity index (χ2v) is 4.32. The maximum atomic E-state index is 10.8. The maximum Gasteiger partial charge on any atom is 0.200 e. The van der Waals surface area contributed by atoms with Crippen molar-refractivity contribution in [2.24, 2.45) is 5.16 Å². The minimum atomic E-state index is -0.0297. The predicted molar refractivity (Wildman–Crippen MR) is 69.0 cm³/mol. The second-order valence-electron chi connectivity index (χ2n) is 3.10. The summed E-state index contributed by atoms with van der Waals surface area (Å²) in [6.45, 7) is 0. The SMILES string of the molecule is Nc1nc(C(C=O)=NOc2ccc(Cl)cc2)ns1. The zero-order valence-corrected chi connectivity index (χ0v) is 10.5. The first kappa shape index (κ1) is 12.5. The van der Waals surface area contributed by atoms with Crippen LogP contribution in [0.2, 0.25) is 5.02 Å². The summed E-state index contributed by atoms with van der Waals surface area (Å²) in [4.78, 5) is 19.7. The van der Waals surface area contributed by atoms with Crippen molar-refractivity contribution in [1.82, 2.24) is 9.36 Å². The van der Waals surface area contributed by atoms with Crippen molar-refractivity contribution in [2.45, 2.75) is 0 Å². The van der Waals surface area contributed by atoms with Crippen LogP contribution >= 0.6 is 23.1 Å². The first-order valence-electron chi connectivity index (χ1n) is 4.74. The summed E-state index contributed by atoms with van der Waals surface area (Å²) < 4.78 is 3.86. The third kappa shape index (κ3) is 3.02. The van der Waals surface area contributed by atoms with Crippen LogP contribution in [0.4, 0.5) is 5.13 Å². The molecule has 1 heterocycles. The van der Waals surface area contributed by atoms with E-state index in [1.54, 1.807) is 24.3 Å². The van der Waals surface area contributed by atoms with E-state index in [-0.39, 0.29) is 16.7 Å². The Morgan fingerprint density at radius 1 is 1.44 bits per heavy atom. The lowest BCUT2D eigenvalue weighted by Gasteiger charge is -1.98. The van der Waals surface area contributed by atoms with Gasteiger partial charge in [-0.2, -0.15) is 9.36 Å². The van der Waals surface area contributed by atoms with Crippen LogP contribution in [-0.2, 0) is 4.79 Å². The number of aldehydes is 1. The highest BCUT2D eigenvalue weighted by molar-refractivity contribution is 7.09. The Morgan fingerprint density at radius 2 is 2.17 bits per heavy atom. The summed E-state index contributed by atoms with van der Waals surface area (Å²) in [5, 5.41) is 4.49. The Labute approximate surface area is 111 Å². The monoisotopic (exact) mass is 282 g/mol. The number of carbonyl (C=O) groups is 1. The number of benzene rings is 1. The number of hydrogen-bond donors (Lipinski definition) is 1. The number of hydrogen-bond acceptors (Lipinski definition) is 7. The number of oxime groups is 1. The smallest absolute Gasteiger partial charge is 0.200 e. The minimum Gasteiger partial charge on any atom is -0.374 e. The Balaban J connectivity index is 2.15. The fourth-order valence-corrected chi connectivity index (χ4v) is 1.62. The van der Waals surface area contributed by atoms with Gasteiger partial charge in [-0.25, -0.2) is 0 Å². The number of anilines is 1. The highest BCUT2D eigenvalue weighted by atomic mass is 35.5. The highest BCUT2D eigenvalue weighted by Gasteiger charge is 2.09. The van der Waals surface area contributed by atoms with Crippen LogP contribution in [0.15, 0.2) is 29.4 Å². The van der Waals surface area contributed by atoms with Crippen molar-refractivity contribution in [2.75, 3.05) is 5.73 Å². The lowest BCUT2D eigenvalue weighted by Crippen LogP contribution is -2.07. The van der Waals surface area contributed by atoms with E-state index in [2.05, 4.69) is 14.5 Å². The van der Waals surface area contributed by atoms with Crippen LogP contribution in [0, 0.1) is 0 Å². The van der Waals surface area contributed by atoms with E-state index in [9.17, 15) is 4.79 Å². The predicted octanol–water partition coefficient (Wildman–Crippen LogP) is 1.76. The Morgan fingerprint density at radius 3 is 2.72 bits per heavy atom. The topological polar surface area (TPSA) is 90.5 Å². The van der Waals surface area contributed by atoms with Gasteiger partial charge in [0.15, 0.2) is 28.7 Å². The highest BCUT2D eigenvalue weighted by Crippen LogP contribution is 2.16. The quantitative estimate of drug-likeness (QED) is 0.524. The number of halogens is 1. The molecule has 0 atom stereocenters. The first-order chi connectivity index (χ1) is 8.69. The van der Waals surface area contributed by atoms with E-state index in [1.807, 2.05) is 0 Å². The molecule has 0 aliphatic heterocycles. The summed E-state index contributed by atoms with van der Waals surface area (Å²) in [6, 6.07) is 6.53. The van der Waals surface area contributed by atoms with Crippen molar-refractivity contribution < 1.29 is 9.63 Å². The number of nitrogen functional groups attached to an aromatic ring is 1. The molecule has 0 fully saturated rings. The molecule has 92 valence electrons. The molecule has 18 heavy (non-hydrogen) atoms. The fourth-order valence-electron chi connectivity index (χ4n) is 1.05. The third-order valence-corrected chi connectivity index (χ3v) is 2.64. The summed E-state index contributed by atoms with van der Waals surface area (Å²) >= 11 is 6.70. The van der Waals surface area contributed by atoms with Gasteiger partial charge in [0.1, 0.15) is 0 Å². The van der Waals surface area contributed by atoms with Crippen LogP contribution in [-0.4, -0.2) is 21.4 Å². The minimum absolute atomic E-state index is 0.0297. The lowest BCUT2D eigenvalue weighted by molar-refractivity contribution is -0.102. The van der Waals surface area contributed by atoms with Gasteiger partial charge in [-0.1, -0.05) is 16.8 Å². The zero-order chi connectivity index (χ0) is 13.0. The summed E-state index contributed by atoms with van der Waals surface area (Å²) in [5.41, 5.74) is 5.38. The van der Waals surface area contributed by atoms with E-state index >= 15 is 0 Å². The molecule has 2 rings (SSSR count). The molecule has 0 saturated heterocycles. The van der Waals surface area contributed by atoms with Crippen molar-refractivity contribution in [1.29, 1.82) is 0 Å². The molecule has 0 aliphatic rings. The van der Waals surface area contributed by atoms with Gasteiger partial charge in [0.05, 0.1) is 0 Å². The summed E-state index contributed by atoms with van der Waals surface area (Å²) in [5.74, 6) is 0.586. The van der Waals surface area contributed by atoms with E-state index in [1.165, 1.54) is 0 Å². The largest absolute Gasteiger partial charge is 0.374 e. The molecule has 0 spiro atoms. The van der Waals surface area contributed by atoms with Gasteiger partial charge in [0.2, 0.25) is 0 Å². The standard InChI is InChI=1S/C10H7ClN4O2S/c11-6-1-3-7(4-2-6)17-14-8(5-16)9-13-10(12)18-15-9/h1-5H,(H2,12,13,15). The average molecular weight is 283 g/mol. The van der Waals surface area contributed by atoms with E-state index in [4.69, 9.17) is 22.2 Å². The van der Waals surface area contributed by atoms with Crippen molar-refractivity contribution >= 4 is 40.3 Å². The van der Waals surface area contributed by atoms with Crippen LogP contribution < -0.4 is 10.6 Å². The molecule has 0 unspecified atom stereocenters. The van der Waals surface area contributed by atoms with Crippen molar-refractivity contribution in [3.8, 4) is 5.75 Å². The van der Waals surface area contributed by atoms with Gasteiger partial charge < -0.3 is 10.6 Å². The van der Waals surface area contributed by atoms with E-state index in [0.717, 1.165) is 11.5 Å². The third-order valence-electron chi connectivity index (χ3n) is 1.85. The van der Waals surface area contributed by atoms with Crippen LogP contribution in [0.25, 0.3) is 0 Å². The number of carbonyl (C=O) groups excluding carboxylic acids is 1. The van der Waals surface area contributed by atoms with Gasteiger partial charge in [0.25, 0.3) is 0 Å². The van der Waals surface area contributed by atoms with Gasteiger partial charge >= 0.3 is 0 Å². The normalized spacial score (nSPS) is 11.3. The number of rotatable bonds is 4. The number of nitrogens with zero attached hydrogens (tertiary/aromatic N) is 3. The van der Waals surface area contributed by atoms with Gasteiger partial charge in [-0.3, -0.25) is 4.79 Å². The average Bonchev–Trinajstić information content (AvgIpc) is 2.79.